The summed E-state index contributed by atoms with van der Waals surface area (Å²) in [6.45, 7) is 1.68. The Balaban J connectivity index is 2.27. The molecule has 0 saturated heterocycles. The van der Waals surface area contributed by atoms with E-state index in [1.165, 1.54) is 35.2 Å². The summed E-state index contributed by atoms with van der Waals surface area (Å²) in [5, 5.41) is 8.02. The number of nitrogens with zero attached hydrogens (tertiary/aromatic N) is 3. The van der Waals surface area contributed by atoms with Gasteiger partial charge in [-0.05, 0) is 31.2 Å². The van der Waals surface area contributed by atoms with E-state index in [4.69, 9.17) is 17.3 Å². The minimum absolute atomic E-state index is 0.223. The summed E-state index contributed by atoms with van der Waals surface area (Å²) >= 11 is 6.19. The van der Waals surface area contributed by atoms with Crippen molar-refractivity contribution in [3.05, 3.63) is 46.5 Å². The van der Waals surface area contributed by atoms with Gasteiger partial charge in [-0.3, -0.25) is 9.59 Å². The predicted molar refractivity (Wildman–Crippen MR) is 78.2 cm³/mol. The second kappa shape index (κ2) is 6.35. The Hall–Kier alpha value is -2.74. The van der Waals surface area contributed by atoms with Crippen LogP contribution in [0.2, 0.25) is 5.15 Å². The summed E-state index contributed by atoms with van der Waals surface area (Å²) in [6, 6.07) is 5.60. The van der Waals surface area contributed by atoms with E-state index in [0.717, 1.165) is 0 Å². The topological polar surface area (TPSA) is 102 Å². The highest BCUT2D eigenvalue weighted by Gasteiger charge is 2.13. The van der Waals surface area contributed by atoms with E-state index in [-0.39, 0.29) is 11.0 Å². The summed E-state index contributed by atoms with van der Waals surface area (Å²) in [7, 11) is 0. The van der Waals surface area contributed by atoms with Crippen LogP contribution in [0.15, 0.2) is 29.4 Å². The number of nitrogens with one attached hydrogen (secondary N) is 1. The molecule has 0 aliphatic heterocycles. The van der Waals surface area contributed by atoms with E-state index in [1.807, 2.05) is 5.43 Å². The first-order valence-corrected chi connectivity index (χ1v) is 6.42. The van der Waals surface area contributed by atoms with Gasteiger partial charge >= 0.3 is 11.8 Å². The minimum atomic E-state index is -1.15. The zero-order valence-corrected chi connectivity index (χ0v) is 12.1. The van der Waals surface area contributed by atoms with Gasteiger partial charge < -0.3 is 5.73 Å². The Bertz CT molecular complexity index is 755. The number of primary amides is 1. The van der Waals surface area contributed by atoms with Crippen molar-refractivity contribution in [3.8, 4) is 5.69 Å². The van der Waals surface area contributed by atoms with E-state index in [0.29, 0.717) is 16.9 Å². The SMILES string of the molecule is Cc1nn(-c2ccc(F)cc2)c(Cl)c1/C=N/NC(=O)C(N)=O. The molecule has 2 rings (SSSR count). The number of carbonyl (C=O) groups is 2. The Morgan fingerprint density at radius 3 is 2.64 bits per heavy atom. The van der Waals surface area contributed by atoms with Crippen LogP contribution in [-0.4, -0.2) is 27.8 Å². The largest absolute Gasteiger partial charge is 0.361 e. The fraction of sp³-hybridized carbons (Fsp3) is 0.0769. The monoisotopic (exact) mass is 323 g/mol. The maximum Gasteiger partial charge on any atom is 0.329 e. The number of hydrogen-bond donors (Lipinski definition) is 2. The number of nitrogens with two attached hydrogens (primary N) is 1. The molecule has 0 aliphatic carbocycles. The van der Waals surface area contributed by atoms with Gasteiger partial charge in [-0.2, -0.15) is 10.2 Å². The average Bonchev–Trinajstić information content (AvgIpc) is 2.75. The number of hydrogen-bond acceptors (Lipinski definition) is 4. The van der Waals surface area contributed by atoms with Crippen molar-refractivity contribution in [2.75, 3.05) is 0 Å². The summed E-state index contributed by atoms with van der Waals surface area (Å²) in [5.41, 5.74) is 8.26. The van der Waals surface area contributed by atoms with Crippen LogP contribution in [0, 0.1) is 12.7 Å². The highest BCUT2D eigenvalue weighted by molar-refractivity contribution is 6.34. The van der Waals surface area contributed by atoms with Crippen LogP contribution >= 0.6 is 11.6 Å². The Kier molecular flexibility index (Phi) is 4.52. The zero-order chi connectivity index (χ0) is 16.3. The molecule has 0 aliphatic rings. The summed E-state index contributed by atoms with van der Waals surface area (Å²) in [4.78, 5) is 21.5. The molecule has 0 atom stereocenters. The van der Waals surface area contributed by atoms with E-state index >= 15 is 0 Å². The molecular formula is C13H11ClFN5O2. The lowest BCUT2D eigenvalue weighted by molar-refractivity contribution is -0.137. The Morgan fingerprint density at radius 2 is 2.05 bits per heavy atom. The van der Waals surface area contributed by atoms with Crippen molar-refractivity contribution in [2.45, 2.75) is 6.92 Å². The van der Waals surface area contributed by atoms with Gasteiger partial charge in [0.05, 0.1) is 23.2 Å². The molecule has 0 spiro atoms. The number of amides is 2. The molecule has 0 bridgehead atoms. The quantitative estimate of drug-likeness (QED) is 0.498. The fourth-order valence-corrected chi connectivity index (χ4v) is 1.94. The van der Waals surface area contributed by atoms with Crippen LogP contribution in [-0.2, 0) is 9.59 Å². The molecule has 1 heterocycles. The highest BCUT2D eigenvalue weighted by atomic mass is 35.5. The van der Waals surface area contributed by atoms with E-state index < -0.39 is 11.8 Å². The first-order chi connectivity index (χ1) is 10.4. The van der Waals surface area contributed by atoms with Gasteiger partial charge in [-0.1, -0.05) is 11.6 Å². The number of aromatic nitrogens is 2. The molecule has 2 amide bonds. The van der Waals surface area contributed by atoms with Crippen molar-refractivity contribution in [1.82, 2.24) is 15.2 Å². The predicted octanol–water partition coefficient (Wildman–Crippen LogP) is 0.909. The number of rotatable bonds is 3. The molecule has 0 radical (unpaired) electrons. The van der Waals surface area contributed by atoms with E-state index in [1.54, 1.807) is 6.92 Å². The minimum Gasteiger partial charge on any atom is -0.361 e. The van der Waals surface area contributed by atoms with E-state index in [2.05, 4.69) is 10.2 Å². The number of hydrazone groups is 1. The molecule has 9 heteroatoms. The molecule has 22 heavy (non-hydrogen) atoms. The standard InChI is InChI=1S/C13H11ClFN5O2/c1-7-10(6-17-18-13(22)12(16)21)11(14)20(19-7)9-4-2-8(15)3-5-9/h2-6H,1H3,(H2,16,21)(H,18,22)/b17-6+. The van der Waals surface area contributed by atoms with Crippen LogP contribution in [0.5, 0.6) is 0 Å². The van der Waals surface area contributed by atoms with Crippen molar-refractivity contribution < 1.29 is 14.0 Å². The van der Waals surface area contributed by atoms with Gasteiger partial charge in [0.15, 0.2) is 0 Å². The Morgan fingerprint density at radius 1 is 1.41 bits per heavy atom. The first kappa shape index (κ1) is 15.6. The van der Waals surface area contributed by atoms with Crippen LogP contribution in [0.1, 0.15) is 11.3 Å². The summed E-state index contributed by atoms with van der Waals surface area (Å²) < 4.78 is 14.3. The highest BCUT2D eigenvalue weighted by Crippen LogP contribution is 2.22. The van der Waals surface area contributed by atoms with Crippen molar-refractivity contribution in [2.24, 2.45) is 10.8 Å². The lowest BCUT2D eigenvalue weighted by Crippen LogP contribution is -2.32. The second-order valence-corrected chi connectivity index (χ2v) is 4.60. The summed E-state index contributed by atoms with van der Waals surface area (Å²) in [5.74, 6) is -2.57. The maximum absolute atomic E-state index is 12.9. The number of halogens is 2. The average molecular weight is 324 g/mol. The lowest BCUT2D eigenvalue weighted by atomic mass is 10.3. The van der Waals surface area contributed by atoms with Gasteiger partial charge in [0, 0.05) is 0 Å². The van der Waals surface area contributed by atoms with Gasteiger partial charge in [0.25, 0.3) is 0 Å². The molecule has 2 aromatic rings. The molecule has 0 fully saturated rings. The Labute approximate surface area is 129 Å². The van der Waals surface area contributed by atoms with Crippen molar-refractivity contribution in [1.29, 1.82) is 0 Å². The molecule has 3 N–H and O–H groups in total. The number of benzene rings is 1. The number of carbonyl (C=O) groups excluding carboxylic acids is 2. The molecule has 0 saturated carbocycles. The zero-order valence-electron chi connectivity index (χ0n) is 11.4. The van der Waals surface area contributed by atoms with Gasteiger partial charge in [0.2, 0.25) is 0 Å². The van der Waals surface area contributed by atoms with E-state index in [9.17, 15) is 14.0 Å². The molecule has 0 unspecified atom stereocenters. The third-order valence-electron chi connectivity index (χ3n) is 2.70. The fourth-order valence-electron chi connectivity index (χ4n) is 1.62. The van der Waals surface area contributed by atoms with Crippen LogP contribution in [0.3, 0.4) is 0 Å². The molecule has 1 aromatic heterocycles. The number of aryl methyl sites for hydroxylation is 1. The normalized spacial score (nSPS) is 10.9. The van der Waals surface area contributed by atoms with Gasteiger partial charge in [-0.25, -0.2) is 14.5 Å². The molecule has 1 aromatic carbocycles. The molecule has 7 nitrogen and oxygen atoms in total. The molecule has 114 valence electrons. The molecular weight excluding hydrogens is 313 g/mol. The van der Waals surface area contributed by atoms with Crippen LogP contribution in [0.4, 0.5) is 4.39 Å². The van der Waals surface area contributed by atoms with Crippen molar-refractivity contribution in [3.63, 3.8) is 0 Å². The van der Waals surface area contributed by atoms with Gasteiger partial charge in [0.1, 0.15) is 11.0 Å². The van der Waals surface area contributed by atoms with Crippen LogP contribution in [0.25, 0.3) is 5.69 Å². The third kappa shape index (κ3) is 3.29. The maximum atomic E-state index is 12.9. The smallest absolute Gasteiger partial charge is 0.329 e. The van der Waals surface area contributed by atoms with Crippen LogP contribution < -0.4 is 11.2 Å². The third-order valence-corrected chi connectivity index (χ3v) is 3.07. The second-order valence-electron chi connectivity index (χ2n) is 4.24. The summed E-state index contributed by atoms with van der Waals surface area (Å²) in [6.07, 6.45) is 1.24. The van der Waals surface area contributed by atoms with Gasteiger partial charge in [-0.15, -0.1) is 0 Å². The van der Waals surface area contributed by atoms with Crippen molar-refractivity contribution >= 4 is 29.6 Å². The lowest BCUT2D eigenvalue weighted by Gasteiger charge is -2.02. The first-order valence-electron chi connectivity index (χ1n) is 6.04.